The summed E-state index contributed by atoms with van der Waals surface area (Å²) >= 11 is 0. The molecule has 2 atom stereocenters. The van der Waals surface area contributed by atoms with Gasteiger partial charge in [-0.3, -0.25) is 0 Å². The zero-order valence-electron chi connectivity index (χ0n) is 10.9. The normalized spacial score (nSPS) is 22.2. The summed E-state index contributed by atoms with van der Waals surface area (Å²) in [6.07, 6.45) is 0.850. The van der Waals surface area contributed by atoms with Gasteiger partial charge < -0.3 is 14.9 Å². The van der Waals surface area contributed by atoms with E-state index in [1.165, 1.54) is 12.1 Å². The van der Waals surface area contributed by atoms with Gasteiger partial charge in [0.05, 0.1) is 6.10 Å². The standard InChI is InChI=1S/C14H22N2O/c1-11(17)12-4-6-13(7-5-12)16-9-8-14(10-16)15(2)3/h4-7,11,14,17H,8-10H2,1-3H3/t11-,14?/m1/s1. The van der Waals surface area contributed by atoms with Crippen LogP contribution in [-0.2, 0) is 0 Å². The molecule has 0 radical (unpaired) electrons. The molecule has 3 nitrogen and oxygen atoms in total. The second kappa shape index (κ2) is 5.07. The van der Waals surface area contributed by atoms with Crippen molar-refractivity contribution < 1.29 is 5.11 Å². The quantitative estimate of drug-likeness (QED) is 0.865. The first-order valence-electron chi connectivity index (χ1n) is 6.27. The maximum atomic E-state index is 9.47. The van der Waals surface area contributed by atoms with Gasteiger partial charge in [0.15, 0.2) is 0 Å². The predicted molar refractivity (Wildman–Crippen MR) is 71.4 cm³/mol. The minimum absolute atomic E-state index is 0.378. The van der Waals surface area contributed by atoms with Crippen LogP contribution in [0.1, 0.15) is 25.0 Å². The minimum Gasteiger partial charge on any atom is -0.389 e. The van der Waals surface area contributed by atoms with Crippen LogP contribution in [0.25, 0.3) is 0 Å². The van der Waals surface area contributed by atoms with Crippen LogP contribution in [0.5, 0.6) is 0 Å². The molecule has 0 saturated carbocycles. The van der Waals surface area contributed by atoms with Gasteiger partial charge >= 0.3 is 0 Å². The summed E-state index contributed by atoms with van der Waals surface area (Å²) in [5, 5.41) is 9.47. The number of anilines is 1. The van der Waals surface area contributed by atoms with Gasteiger partial charge in [-0.05, 0) is 45.1 Å². The van der Waals surface area contributed by atoms with Crippen LogP contribution < -0.4 is 4.90 Å². The van der Waals surface area contributed by atoms with E-state index in [-0.39, 0.29) is 6.10 Å². The molecule has 1 heterocycles. The molecule has 1 unspecified atom stereocenters. The molecular formula is C14H22N2O. The van der Waals surface area contributed by atoms with Crippen molar-refractivity contribution in [1.29, 1.82) is 0 Å². The van der Waals surface area contributed by atoms with Crippen molar-refractivity contribution in [3.8, 4) is 0 Å². The monoisotopic (exact) mass is 234 g/mol. The van der Waals surface area contributed by atoms with Crippen molar-refractivity contribution >= 4 is 5.69 Å². The first kappa shape index (κ1) is 12.4. The Morgan fingerprint density at radius 3 is 2.41 bits per heavy atom. The van der Waals surface area contributed by atoms with E-state index in [1.54, 1.807) is 6.92 Å². The van der Waals surface area contributed by atoms with E-state index in [1.807, 2.05) is 12.1 Å². The van der Waals surface area contributed by atoms with Crippen molar-refractivity contribution in [2.75, 3.05) is 32.1 Å². The van der Waals surface area contributed by atoms with Crippen LogP contribution in [-0.4, -0.2) is 43.2 Å². The Balaban J connectivity index is 2.04. The molecule has 1 N–H and O–H groups in total. The molecule has 1 aliphatic rings. The first-order valence-corrected chi connectivity index (χ1v) is 6.27. The summed E-state index contributed by atoms with van der Waals surface area (Å²) in [5.74, 6) is 0. The van der Waals surface area contributed by atoms with Crippen molar-refractivity contribution in [3.05, 3.63) is 29.8 Å². The Hall–Kier alpha value is -1.06. The Kier molecular flexibility index (Phi) is 3.69. The molecule has 94 valence electrons. The number of hydrogen-bond donors (Lipinski definition) is 1. The van der Waals surface area contributed by atoms with E-state index in [2.05, 4.69) is 36.0 Å². The molecule has 0 amide bonds. The molecule has 1 aromatic rings. The third kappa shape index (κ3) is 2.79. The molecule has 0 bridgehead atoms. The Morgan fingerprint density at radius 2 is 1.94 bits per heavy atom. The van der Waals surface area contributed by atoms with Crippen molar-refractivity contribution in [2.45, 2.75) is 25.5 Å². The van der Waals surface area contributed by atoms with E-state index in [4.69, 9.17) is 0 Å². The number of aliphatic hydroxyl groups excluding tert-OH is 1. The van der Waals surface area contributed by atoms with Crippen LogP contribution in [0.15, 0.2) is 24.3 Å². The number of benzene rings is 1. The average Bonchev–Trinajstić information content (AvgIpc) is 2.78. The Morgan fingerprint density at radius 1 is 1.29 bits per heavy atom. The fraction of sp³-hybridized carbons (Fsp3) is 0.571. The SMILES string of the molecule is C[C@@H](O)c1ccc(N2CCC(N(C)C)C2)cc1. The highest BCUT2D eigenvalue weighted by Crippen LogP contribution is 2.23. The molecular weight excluding hydrogens is 212 g/mol. The number of likely N-dealkylation sites (N-methyl/N-ethyl adjacent to an activating group) is 1. The lowest BCUT2D eigenvalue weighted by Crippen LogP contribution is -2.31. The molecule has 17 heavy (non-hydrogen) atoms. The van der Waals surface area contributed by atoms with E-state index < -0.39 is 0 Å². The van der Waals surface area contributed by atoms with Crippen LogP contribution in [0.4, 0.5) is 5.69 Å². The Bertz CT molecular complexity index is 359. The summed E-state index contributed by atoms with van der Waals surface area (Å²) < 4.78 is 0. The van der Waals surface area contributed by atoms with E-state index in [0.29, 0.717) is 6.04 Å². The lowest BCUT2D eigenvalue weighted by molar-refractivity contribution is 0.199. The molecule has 0 aromatic heterocycles. The van der Waals surface area contributed by atoms with Gasteiger partial charge in [-0.15, -0.1) is 0 Å². The van der Waals surface area contributed by atoms with E-state index in [0.717, 1.165) is 18.7 Å². The lowest BCUT2D eigenvalue weighted by atomic mass is 10.1. The van der Waals surface area contributed by atoms with Crippen molar-refractivity contribution in [2.24, 2.45) is 0 Å². The largest absolute Gasteiger partial charge is 0.389 e. The predicted octanol–water partition coefficient (Wildman–Crippen LogP) is 1.88. The summed E-state index contributed by atoms with van der Waals surface area (Å²) in [7, 11) is 4.29. The van der Waals surface area contributed by atoms with Crippen LogP contribution >= 0.6 is 0 Å². The molecule has 0 spiro atoms. The number of hydrogen-bond acceptors (Lipinski definition) is 3. The summed E-state index contributed by atoms with van der Waals surface area (Å²) in [6.45, 7) is 4.02. The van der Waals surface area contributed by atoms with Gasteiger partial charge in [-0.2, -0.15) is 0 Å². The number of rotatable bonds is 3. The third-order valence-electron chi connectivity index (χ3n) is 3.63. The molecule has 3 heteroatoms. The van der Waals surface area contributed by atoms with Gasteiger partial charge in [0.2, 0.25) is 0 Å². The maximum absolute atomic E-state index is 9.47. The third-order valence-corrected chi connectivity index (χ3v) is 3.63. The zero-order chi connectivity index (χ0) is 12.4. The lowest BCUT2D eigenvalue weighted by Gasteiger charge is -2.22. The molecule has 1 fully saturated rings. The van der Waals surface area contributed by atoms with Gasteiger partial charge in [0, 0.05) is 24.8 Å². The fourth-order valence-electron chi connectivity index (χ4n) is 2.36. The highest BCUT2D eigenvalue weighted by Gasteiger charge is 2.23. The molecule has 0 aliphatic carbocycles. The second-order valence-corrected chi connectivity index (χ2v) is 5.12. The highest BCUT2D eigenvalue weighted by molar-refractivity contribution is 5.49. The summed E-state index contributed by atoms with van der Waals surface area (Å²) in [4.78, 5) is 4.71. The topological polar surface area (TPSA) is 26.7 Å². The summed E-state index contributed by atoms with van der Waals surface area (Å²) in [5.41, 5.74) is 2.25. The van der Waals surface area contributed by atoms with Gasteiger partial charge in [0.1, 0.15) is 0 Å². The van der Waals surface area contributed by atoms with Crippen LogP contribution in [0.3, 0.4) is 0 Å². The molecule has 1 saturated heterocycles. The fourth-order valence-corrected chi connectivity index (χ4v) is 2.36. The molecule has 2 rings (SSSR count). The maximum Gasteiger partial charge on any atom is 0.0761 e. The van der Waals surface area contributed by atoms with Crippen LogP contribution in [0.2, 0.25) is 0 Å². The zero-order valence-corrected chi connectivity index (χ0v) is 10.9. The number of aliphatic hydroxyl groups is 1. The van der Waals surface area contributed by atoms with Crippen molar-refractivity contribution in [1.82, 2.24) is 4.90 Å². The van der Waals surface area contributed by atoms with Gasteiger partial charge in [-0.25, -0.2) is 0 Å². The van der Waals surface area contributed by atoms with Crippen molar-refractivity contribution in [3.63, 3.8) is 0 Å². The van der Waals surface area contributed by atoms with E-state index >= 15 is 0 Å². The highest BCUT2D eigenvalue weighted by atomic mass is 16.3. The summed E-state index contributed by atoms with van der Waals surface area (Å²) in [6, 6.07) is 8.91. The minimum atomic E-state index is -0.378. The van der Waals surface area contributed by atoms with Gasteiger partial charge in [-0.1, -0.05) is 12.1 Å². The van der Waals surface area contributed by atoms with E-state index in [9.17, 15) is 5.11 Å². The second-order valence-electron chi connectivity index (χ2n) is 5.12. The molecule has 1 aromatic carbocycles. The smallest absolute Gasteiger partial charge is 0.0761 e. The van der Waals surface area contributed by atoms with Crippen LogP contribution in [0, 0.1) is 0 Å². The Labute approximate surface area is 104 Å². The molecule has 1 aliphatic heterocycles. The average molecular weight is 234 g/mol. The number of nitrogens with zero attached hydrogens (tertiary/aromatic N) is 2. The first-order chi connectivity index (χ1) is 8.08. The van der Waals surface area contributed by atoms with Gasteiger partial charge in [0.25, 0.3) is 0 Å².